The van der Waals surface area contributed by atoms with Gasteiger partial charge in [0, 0.05) is 31.1 Å². The number of amides is 1. The average Bonchev–Trinajstić information content (AvgIpc) is 3.17. The van der Waals surface area contributed by atoms with Crippen LogP contribution >= 0.6 is 0 Å². The van der Waals surface area contributed by atoms with Crippen molar-refractivity contribution in [2.75, 3.05) is 26.3 Å². The molecule has 23 heavy (non-hydrogen) atoms. The van der Waals surface area contributed by atoms with Gasteiger partial charge in [-0.2, -0.15) is 5.10 Å². The summed E-state index contributed by atoms with van der Waals surface area (Å²) in [7, 11) is 0. The van der Waals surface area contributed by atoms with Crippen molar-refractivity contribution in [1.82, 2.24) is 15.1 Å². The van der Waals surface area contributed by atoms with E-state index >= 15 is 0 Å². The van der Waals surface area contributed by atoms with Crippen LogP contribution in [0.25, 0.3) is 0 Å². The Labute approximate surface area is 137 Å². The first-order chi connectivity index (χ1) is 11.1. The number of nitrogens with zero attached hydrogens (tertiary/aromatic N) is 2. The summed E-state index contributed by atoms with van der Waals surface area (Å²) in [5.74, 6) is 0.712. The molecule has 128 valence electrons. The number of aromatic nitrogens is 2. The summed E-state index contributed by atoms with van der Waals surface area (Å²) in [4.78, 5) is 14.7. The fraction of sp³-hybridized carbons (Fsp3) is 0.765. The van der Waals surface area contributed by atoms with Crippen molar-refractivity contribution < 1.29 is 14.3 Å². The highest BCUT2D eigenvalue weighted by Gasteiger charge is 2.33. The van der Waals surface area contributed by atoms with E-state index in [1.54, 1.807) is 0 Å². The SMILES string of the molecule is Cc1n[nH]c(C)c1[C@H](C)CC(=O)N1CCC[C@H](C2OCCO2)C1. The molecule has 0 aromatic carbocycles. The Balaban J connectivity index is 1.59. The smallest absolute Gasteiger partial charge is 0.223 e. The Bertz CT molecular complexity index is 532. The van der Waals surface area contributed by atoms with Crippen LogP contribution < -0.4 is 0 Å². The Morgan fingerprint density at radius 1 is 1.39 bits per heavy atom. The maximum atomic E-state index is 12.7. The summed E-state index contributed by atoms with van der Waals surface area (Å²) in [6, 6.07) is 0. The third-order valence-corrected chi connectivity index (χ3v) is 5.00. The van der Waals surface area contributed by atoms with E-state index in [1.165, 1.54) is 5.56 Å². The minimum absolute atomic E-state index is 0.124. The molecule has 1 amide bonds. The topological polar surface area (TPSA) is 67.5 Å². The second-order valence-corrected chi connectivity index (χ2v) is 6.80. The van der Waals surface area contributed by atoms with Crippen LogP contribution in [0.2, 0.25) is 0 Å². The van der Waals surface area contributed by atoms with E-state index in [4.69, 9.17) is 9.47 Å². The summed E-state index contributed by atoms with van der Waals surface area (Å²) in [6.07, 6.45) is 2.50. The Hall–Kier alpha value is -1.40. The molecule has 2 fully saturated rings. The van der Waals surface area contributed by atoms with Crippen LogP contribution in [0.5, 0.6) is 0 Å². The first kappa shape index (κ1) is 16.5. The van der Waals surface area contributed by atoms with Gasteiger partial charge < -0.3 is 14.4 Å². The molecule has 0 aliphatic carbocycles. The number of carbonyl (C=O) groups excluding carboxylic acids is 1. The summed E-state index contributed by atoms with van der Waals surface area (Å²) >= 11 is 0. The minimum atomic E-state index is -0.124. The van der Waals surface area contributed by atoms with Crippen molar-refractivity contribution in [3.8, 4) is 0 Å². The third kappa shape index (κ3) is 3.58. The van der Waals surface area contributed by atoms with Gasteiger partial charge in [-0.3, -0.25) is 9.89 Å². The van der Waals surface area contributed by atoms with Crippen molar-refractivity contribution in [2.24, 2.45) is 5.92 Å². The number of ether oxygens (including phenoxy) is 2. The number of nitrogens with one attached hydrogen (secondary N) is 1. The van der Waals surface area contributed by atoms with E-state index in [1.807, 2.05) is 18.7 Å². The molecule has 0 spiro atoms. The predicted octanol–water partition coefficient (Wildman–Crippen LogP) is 2.13. The average molecular weight is 321 g/mol. The highest BCUT2D eigenvalue weighted by molar-refractivity contribution is 5.77. The number of likely N-dealkylation sites (tertiary alicyclic amines) is 1. The maximum absolute atomic E-state index is 12.7. The molecule has 2 saturated heterocycles. The van der Waals surface area contributed by atoms with Crippen molar-refractivity contribution in [2.45, 2.75) is 52.2 Å². The third-order valence-electron chi connectivity index (χ3n) is 5.00. The highest BCUT2D eigenvalue weighted by atomic mass is 16.7. The van der Waals surface area contributed by atoms with E-state index in [9.17, 15) is 4.79 Å². The number of piperidine rings is 1. The molecule has 1 N–H and O–H groups in total. The molecule has 6 heteroatoms. The summed E-state index contributed by atoms with van der Waals surface area (Å²) in [6.45, 7) is 9.05. The summed E-state index contributed by atoms with van der Waals surface area (Å²) in [5.41, 5.74) is 3.23. The lowest BCUT2D eigenvalue weighted by atomic mass is 9.93. The van der Waals surface area contributed by atoms with Gasteiger partial charge in [-0.15, -0.1) is 0 Å². The molecule has 0 saturated carbocycles. The van der Waals surface area contributed by atoms with Gasteiger partial charge in [0.25, 0.3) is 0 Å². The molecule has 0 radical (unpaired) electrons. The highest BCUT2D eigenvalue weighted by Crippen LogP contribution is 2.28. The molecule has 1 aromatic heterocycles. The summed E-state index contributed by atoms with van der Waals surface area (Å²) in [5, 5.41) is 7.25. The summed E-state index contributed by atoms with van der Waals surface area (Å²) < 4.78 is 11.2. The zero-order valence-corrected chi connectivity index (χ0v) is 14.3. The predicted molar refractivity (Wildman–Crippen MR) is 86.1 cm³/mol. The lowest BCUT2D eigenvalue weighted by Gasteiger charge is -2.35. The fourth-order valence-corrected chi connectivity index (χ4v) is 3.89. The number of rotatable bonds is 4. The van der Waals surface area contributed by atoms with Gasteiger partial charge in [0.05, 0.1) is 18.9 Å². The normalized spacial score (nSPS) is 24.1. The first-order valence-corrected chi connectivity index (χ1v) is 8.58. The number of aromatic amines is 1. The maximum Gasteiger partial charge on any atom is 0.223 e. The Morgan fingerprint density at radius 2 is 2.13 bits per heavy atom. The monoisotopic (exact) mass is 321 g/mol. The molecule has 1 aromatic rings. The van der Waals surface area contributed by atoms with Crippen LogP contribution in [0, 0.1) is 19.8 Å². The minimum Gasteiger partial charge on any atom is -0.350 e. The lowest BCUT2D eigenvalue weighted by molar-refractivity contribution is -0.139. The lowest BCUT2D eigenvalue weighted by Crippen LogP contribution is -2.44. The Kier molecular flexibility index (Phi) is 5.02. The first-order valence-electron chi connectivity index (χ1n) is 8.58. The zero-order chi connectivity index (χ0) is 16.4. The van der Waals surface area contributed by atoms with Gasteiger partial charge in [-0.1, -0.05) is 6.92 Å². The van der Waals surface area contributed by atoms with Crippen LogP contribution in [0.1, 0.15) is 49.1 Å². The van der Waals surface area contributed by atoms with Gasteiger partial charge in [0.1, 0.15) is 0 Å². The standard InChI is InChI=1S/C17H27N3O3/c1-11(16-12(2)18-19-13(16)3)9-15(21)20-6-4-5-14(10-20)17-22-7-8-23-17/h11,14,17H,4-10H2,1-3H3,(H,18,19)/t11-,14+/m1/s1. The van der Waals surface area contributed by atoms with Gasteiger partial charge >= 0.3 is 0 Å². The van der Waals surface area contributed by atoms with Crippen LogP contribution in [0.3, 0.4) is 0 Å². The van der Waals surface area contributed by atoms with E-state index in [-0.39, 0.29) is 18.1 Å². The number of carbonyl (C=O) groups is 1. The molecule has 2 aliphatic heterocycles. The molecule has 0 unspecified atom stereocenters. The van der Waals surface area contributed by atoms with Gasteiger partial charge in [-0.25, -0.2) is 0 Å². The molecule has 0 bridgehead atoms. The van der Waals surface area contributed by atoms with Gasteiger partial charge in [0.2, 0.25) is 5.91 Å². The van der Waals surface area contributed by atoms with Crippen molar-refractivity contribution in [1.29, 1.82) is 0 Å². The van der Waals surface area contributed by atoms with E-state index < -0.39 is 0 Å². The van der Waals surface area contributed by atoms with Crippen LogP contribution in [-0.4, -0.2) is 53.6 Å². The van der Waals surface area contributed by atoms with Crippen molar-refractivity contribution in [3.63, 3.8) is 0 Å². The number of H-pyrrole nitrogens is 1. The molecule has 3 rings (SSSR count). The fourth-order valence-electron chi connectivity index (χ4n) is 3.89. The number of aryl methyl sites for hydroxylation is 2. The zero-order valence-electron chi connectivity index (χ0n) is 14.3. The second-order valence-electron chi connectivity index (χ2n) is 6.80. The quantitative estimate of drug-likeness (QED) is 0.922. The van der Waals surface area contributed by atoms with E-state index in [0.717, 1.165) is 37.3 Å². The molecular formula is C17H27N3O3. The van der Waals surface area contributed by atoms with Crippen LogP contribution in [0.4, 0.5) is 0 Å². The van der Waals surface area contributed by atoms with Crippen molar-refractivity contribution >= 4 is 5.91 Å². The van der Waals surface area contributed by atoms with Gasteiger partial charge in [-0.05, 0) is 38.2 Å². The number of hydrogen-bond acceptors (Lipinski definition) is 4. The molecule has 6 nitrogen and oxygen atoms in total. The van der Waals surface area contributed by atoms with Crippen molar-refractivity contribution in [3.05, 3.63) is 17.0 Å². The largest absolute Gasteiger partial charge is 0.350 e. The molecule has 2 aliphatic rings. The number of hydrogen-bond donors (Lipinski definition) is 1. The van der Waals surface area contributed by atoms with Crippen LogP contribution in [-0.2, 0) is 14.3 Å². The Morgan fingerprint density at radius 3 is 2.78 bits per heavy atom. The molecular weight excluding hydrogens is 294 g/mol. The van der Waals surface area contributed by atoms with Crippen LogP contribution in [0.15, 0.2) is 0 Å². The molecule has 3 heterocycles. The second kappa shape index (κ2) is 7.01. The van der Waals surface area contributed by atoms with Gasteiger partial charge in [0.15, 0.2) is 6.29 Å². The van der Waals surface area contributed by atoms with E-state index in [2.05, 4.69) is 17.1 Å². The molecule has 2 atom stereocenters. The van der Waals surface area contributed by atoms with E-state index in [0.29, 0.717) is 25.6 Å².